The number of nitrogens with zero attached hydrogens (tertiary/aromatic N) is 4. The molecule has 10 heteroatoms. The highest BCUT2D eigenvalue weighted by atomic mass is 32.1. The van der Waals surface area contributed by atoms with E-state index >= 15 is 0 Å². The van der Waals surface area contributed by atoms with Crippen molar-refractivity contribution in [3.63, 3.8) is 0 Å². The average molecular weight is 434 g/mol. The third-order valence-corrected chi connectivity index (χ3v) is 6.32. The Kier molecular flexibility index (Phi) is 6.35. The first-order valence-corrected chi connectivity index (χ1v) is 10.8. The summed E-state index contributed by atoms with van der Waals surface area (Å²) in [7, 11) is 0. The second-order valence-corrected chi connectivity index (χ2v) is 8.34. The number of hydrogen-bond acceptors (Lipinski definition) is 7. The van der Waals surface area contributed by atoms with E-state index in [0.717, 1.165) is 24.5 Å². The molecule has 160 valence electrons. The Balaban J connectivity index is 1.50. The molecule has 0 unspecified atom stereocenters. The Hall–Kier alpha value is -2.43. The molecule has 2 aromatic rings. The first kappa shape index (κ1) is 20.8. The predicted octanol–water partition coefficient (Wildman–Crippen LogP) is 1.64. The van der Waals surface area contributed by atoms with Crippen LogP contribution in [-0.4, -0.2) is 78.4 Å². The molecule has 0 saturated carbocycles. The smallest absolute Gasteiger partial charge is 0.248 e. The minimum atomic E-state index is -0.365. The fourth-order valence-electron chi connectivity index (χ4n) is 3.63. The van der Waals surface area contributed by atoms with Crippen LogP contribution in [-0.2, 0) is 19.1 Å². The third-order valence-electron chi connectivity index (χ3n) is 5.28. The van der Waals surface area contributed by atoms with Crippen LogP contribution in [0.5, 0.6) is 0 Å². The van der Waals surface area contributed by atoms with Crippen molar-refractivity contribution in [2.45, 2.75) is 19.3 Å². The summed E-state index contributed by atoms with van der Waals surface area (Å²) in [5.41, 5.74) is 0.607. The molecule has 8 nitrogen and oxygen atoms in total. The highest BCUT2D eigenvalue weighted by Crippen LogP contribution is 2.30. The molecule has 0 atom stereocenters. The van der Waals surface area contributed by atoms with E-state index in [4.69, 9.17) is 4.74 Å². The van der Waals surface area contributed by atoms with Gasteiger partial charge in [0.05, 0.1) is 23.4 Å². The van der Waals surface area contributed by atoms with Crippen LogP contribution in [0.3, 0.4) is 0 Å². The van der Waals surface area contributed by atoms with Gasteiger partial charge in [-0.05, 0) is 24.6 Å². The molecular formula is C20H23FN4O4S. The van der Waals surface area contributed by atoms with Crippen molar-refractivity contribution in [1.82, 2.24) is 14.8 Å². The largest absolute Gasteiger partial charge is 0.379 e. The summed E-state index contributed by atoms with van der Waals surface area (Å²) in [5, 5.41) is 0.446. The maximum absolute atomic E-state index is 13.6. The Labute approximate surface area is 177 Å². The van der Waals surface area contributed by atoms with Gasteiger partial charge in [-0.1, -0.05) is 11.3 Å². The maximum Gasteiger partial charge on any atom is 0.248 e. The van der Waals surface area contributed by atoms with Crippen molar-refractivity contribution in [3.05, 3.63) is 24.0 Å². The van der Waals surface area contributed by atoms with Gasteiger partial charge in [0.2, 0.25) is 17.7 Å². The van der Waals surface area contributed by atoms with Crippen LogP contribution in [0.4, 0.5) is 9.52 Å². The number of amides is 3. The molecule has 2 aliphatic rings. The Morgan fingerprint density at radius 3 is 2.67 bits per heavy atom. The van der Waals surface area contributed by atoms with E-state index < -0.39 is 0 Å². The van der Waals surface area contributed by atoms with Crippen LogP contribution < -0.4 is 4.90 Å². The average Bonchev–Trinajstić information content (AvgIpc) is 3.29. The molecule has 2 fully saturated rings. The number of aromatic nitrogens is 1. The molecule has 1 aromatic carbocycles. The van der Waals surface area contributed by atoms with Crippen LogP contribution >= 0.6 is 11.3 Å². The van der Waals surface area contributed by atoms with E-state index in [0.29, 0.717) is 41.5 Å². The fourth-order valence-corrected chi connectivity index (χ4v) is 4.66. The van der Waals surface area contributed by atoms with Gasteiger partial charge < -0.3 is 4.74 Å². The lowest BCUT2D eigenvalue weighted by molar-refractivity contribution is -0.141. The second kappa shape index (κ2) is 9.15. The zero-order valence-corrected chi connectivity index (χ0v) is 17.3. The zero-order valence-electron chi connectivity index (χ0n) is 16.5. The van der Waals surface area contributed by atoms with Gasteiger partial charge in [0.1, 0.15) is 12.4 Å². The number of fused-ring (bicyclic) bond motifs is 1. The van der Waals surface area contributed by atoms with Gasteiger partial charge in [0.25, 0.3) is 0 Å². The monoisotopic (exact) mass is 434 g/mol. The fraction of sp³-hybridized carbons (Fsp3) is 0.500. The molecule has 2 saturated heterocycles. The van der Waals surface area contributed by atoms with E-state index in [1.54, 1.807) is 6.07 Å². The van der Waals surface area contributed by atoms with Gasteiger partial charge in [0.15, 0.2) is 5.13 Å². The van der Waals surface area contributed by atoms with Crippen molar-refractivity contribution >= 4 is 44.4 Å². The van der Waals surface area contributed by atoms with Crippen LogP contribution in [0, 0.1) is 5.82 Å². The molecule has 4 rings (SSSR count). The first-order chi connectivity index (χ1) is 14.5. The van der Waals surface area contributed by atoms with Gasteiger partial charge in [-0.2, -0.15) is 0 Å². The highest BCUT2D eigenvalue weighted by Gasteiger charge is 2.32. The number of imide groups is 1. The van der Waals surface area contributed by atoms with E-state index in [9.17, 15) is 18.8 Å². The van der Waals surface area contributed by atoms with Crippen LogP contribution in [0.1, 0.15) is 19.3 Å². The number of rotatable bonds is 7. The van der Waals surface area contributed by atoms with Crippen molar-refractivity contribution in [3.8, 4) is 0 Å². The molecular weight excluding hydrogens is 411 g/mol. The molecule has 0 bridgehead atoms. The number of anilines is 1. The quantitative estimate of drug-likeness (QED) is 0.616. The minimum Gasteiger partial charge on any atom is -0.379 e. The number of benzene rings is 1. The summed E-state index contributed by atoms with van der Waals surface area (Å²) in [6.45, 7) is 4.01. The predicted molar refractivity (Wildman–Crippen MR) is 110 cm³/mol. The first-order valence-electron chi connectivity index (χ1n) is 10.0. The normalized spacial score (nSPS) is 17.8. The number of thiazole rings is 1. The molecule has 3 amide bonds. The number of ether oxygens (including phenoxy) is 1. The number of morpholine rings is 1. The number of likely N-dealkylation sites (tertiary alicyclic amines) is 1. The van der Waals surface area contributed by atoms with Gasteiger partial charge in [-0.3, -0.25) is 29.1 Å². The third kappa shape index (κ3) is 4.66. The molecule has 0 spiro atoms. The van der Waals surface area contributed by atoms with Crippen LogP contribution in [0.25, 0.3) is 10.2 Å². The molecule has 0 N–H and O–H groups in total. The van der Waals surface area contributed by atoms with Crippen molar-refractivity contribution in [2.24, 2.45) is 0 Å². The van der Waals surface area contributed by atoms with Crippen molar-refractivity contribution in [2.75, 3.05) is 50.8 Å². The summed E-state index contributed by atoms with van der Waals surface area (Å²) in [6, 6.07) is 4.30. The molecule has 1 aromatic heterocycles. The molecule has 0 radical (unpaired) electrons. The highest BCUT2D eigenvalue weighted by molar-refractivity contribution is 7.22. The molecule has 2 aliphatic heterocycles. The lowest BCUT2D eigenvalue weighted by Crippen LogP contribution is -2.44. The van der Waals surface area contributed by atoms with E-state index in [1.165, 1.54) is 28.4 Å². The molecule has 3 heterocycles. The Bertz CT molecular complexity index is 943. The SMILES string of the molecule is O=C1CCC(=O)N1CC(=O)N(CCCN1CCOCC1)c1nc2ccc(F)cc2s1. The second-order valence-electron chi connectivity index (χ2n) is 7.34. The lowest BCUT2D eigenvalue weighted by atomic mass is 10.3. The number of hydrogen-bond donors (Lipinski definition) is 0. The lowest BCUT2D eigenvalue weighted by Gasteiger charge is -2.28. The van der Waals surface area contributed by atoms with Gasteiger partial charge >= 0.3 is 0 Å². The van der Waals surface area contributed by atoms with Crippen LogP contribution in [0.15, 0.2) is 18.2 Å². The Morgan fingerprint density at radius 2 is 1.93 bits per heavy atom. The Morgan fingerprint density at radius 1 is 1.20 bits per heavy atom. The maximum atomic E-state index is 13.6. The number of carbonyl (C=O) groups is 3. The topological polar surface area (TPSA) is 83.1 Å². The van der Waals surface area contributed by atoms with Gasteiger partial charge in [-0.15, -0.1) is 0 Å². The molecule has 0 aliphatic carbocycles. The van der Waals surface area contributed by atoms with Gasteiger partial charge in [-0.25, -0.2) is 9.37 Å². The summed E-state index contributed by atoms with van der Waals surface area (Å²) in [5.74, 6) is -1.38. The van der Waals surface area contributed by atoms with E-state index in [-0.39, 0.29) is 42.9 Å². The number of carbonyl (C=O) groups excluding carboxylic acids is 3. The van der Waals surface area contributed by atoms with Crippen molar-refractivity contribution < 1.29 is 23.5 Å². The van der Waals surface area contributed by atoms with Crippen molar-refractivity contribution in [1.29, 1.82) is 0 Å². The van der Waals surface area contributed by atoms with Crippen LogP contribution in [0.2, 0.25) is 0 Å². The van der Waals surface area contributed by atoms with E-state index in [2.05, 4.69) is 9.88 Å². The molecule has 30 heavy (non-hydrogen) atoms. The van der Waals surface area contributed by atoms with E-state index in [1.807, 2.05) is 0 Å². The standard InChI is InChI=1S/C20H23FN4O4S/c21-14-2-3-15-16(12-14)30-20(22-15)24(7-1-6-23-8-10-29-11-9-23)19(28)13-25-17(26)4-5-18(25)27/h2-3,12H,1,4-11,13H2. The zero-order chi connectivity index (χ0) is 21.1. The summed E-state index contributed by atoms with van der Waals surface area (Å²) < 4.78 is 19.6. The summed E-state index contributed by atoms with van der Waals surface area (Å²) in [4.78, 5) is 46.2. The summed E-state index contributed by atoms with van der Waals surface area (Å²) in [6.07, 6.45) is 0.991. The number of halogens is 1. The summed E-state index contributed by atoms with van der Waals surface area (Å²) >= 11 is 1.23. The van der Waals surface area contributed by atoms with Gasteiger partial charge in [0, 0.05) is 39.0 Å². The minimum absolute atomic E-state index is 0.142.